The molecule has 3 aromatic rings. The highest BCUT2D eigenvalue weighted by Crippen LogP contribution is 2.25. The average molecular weight is 461 g/mol. The summed E-state index contributed by atoms with van der Waals surface area (Å²) >= 11 is 6.05. The monoisotopic (exact) mass is 460 g/mol. The summed E-state index contributed by atoms with van der Waals surface area (Å²) in [6.45, 7) is 1.17. The van der Waals surface area contributed by atoms with E-state index in [1.807, 2.05) is 6.07 Å². The molecule has 1 saturated heterocycles. The molecule has 1 aliphatic rings. The topological polar surface area (TPSA) is 92.6 Å². The van der Waals surface area contributed by atoms with Crippen molar-refractivity contribution in [2.45, 2.75) is 17.9 Å². The Kier molecular flexibility index (Phi) is 6.08. The second-order valence-electron chi connectivity index (χ2n) is 7.23. The van der Waals surface area contributed by atoms with Crippen molar-refractivity contribution in [2.24, 2.45) is 0 Å². The van der Waals surface area contributed by atoms with Gasteiger partial charge in [-0.1, -0.05) is 35.9 Å². The number of hydrogen-bond donors (Lipinski definition) is 0. The normalized spacial score (nSPS) is 15.3. The molecule has 0 radical (unpaired) electrons. The zero-order valence-electron chi connectivity index (χ0n) is 16.6. The molecule has 0 atom stereocenters. The molecule has 2 heterocycles. The fraction of sp³-hybridized carbons (Fsp3) is 0.286. The summed E-state index contributed by atoms with van der Waals surface area (Å²) in [5.74, 6) is -0.130. The number of benzene rings is 2. The third kappa shape index (κ3) is 4.34. The molecule has 4 rings (SSSR count). The van der Waals surface area contributed by atoms with Crippen molar-refractivity contribution in [1.29, 1.82) is 0 Å². The Balaban J connectivity index is 1.37. The van der Waals surface area contributed by atoms with Gasteiger partial charge in [-0.2, -0.15) is 4.31 Å². The van der Waals surface area contributed by atoms with Gasteiger partial charge < -0.3 is 4.90 Å². The van der Waals surface area contributed by atoms with Crippen LogP contribution in [0, 0.1) is 0 Å². The third-order valence-electron chi connectivity index (χ3n) is 5.34. The largest absolute Gasteiger partial charge is 0.340 e. The Morgan fingerprint density at radius 1 is 1.00 bits per heavy atom. The van der Waals surface area contributed by atoms with E-state index in [4.69, 9.17) is 11.6 Å². The number of hydrogen-bond acceptors (Lipinski definition) is 5. The number of carbonyl (C=O) groups excluding carboxylic acids is 1. The van der Waals surface area contributed by atoms with Crippen LogP contribution in [0.1, 0.15) is 6.42 Å². The number of amides is 1. The SMILES string of the molecule is O=C(CCn1cnc2ccccc2c1=O)N1CCN(S(=O)(=O)c2ccccc2Cl)CC1. The van der Waals surface area contributed by atoms with Gasteiger partial charge in [0.05, 0.1) is 22.3 Å². The number of aromatic nitrogens is 2. The molecule has 1 aliphatic heterocycles. The maximum atomic E-state index is 12.8. The first-order chi connectivity index (χ1) is 14.9. The summed E-state index contributed by atoms with van der Waals surface area (Å²) in [6, 6.07) is 13.4. The molecular formula is C21H21ClN4O4S. The van der Waals surface area contributed by atoms with Crippen LogP contribution >= 0.6 is 11.6 Å². The predicted molar refractivity (Wildman–Crippen MR) is 117 cm³/mol. The molecule has 0 aliphatic carbocycles. The summed E-state index contributed by atoms with van der Waals surface area (Å²) in [5.41, 5.74) is 0.431. The van der Waals surface area contributed by atoms with Crippen molar-refractivity contribution >= 4 is 38.4 Å². The molecule has 1 amide bonds. The van der Waals surface area contributed by atoms with Crippen molar-refractivity contribution in [3.63, 3.8) is 0 Å². The standard InChI is InChI=1S/C21H21ClN4O4S/c22-17-6-2-4-8-19(17)31(29,30)26-13-11-24(12-14-26)20(27)9-10-25-15-23-18-7-3-1-5-16(18)21(25)28/h1-8,15H,9-14H2. The lowest BCUT2D eigenvalue weighted by molar-refractivity contribution is -0.132. The minimum absolute atomic E-state index is 0.0691. The maximum absolute atomic E-state index is 12.8. The summed E-state index contributed by atoms with van der Waals surface area (Å²) in [5, 5.41) is 0.686. The minimum atomic E-state index is -3.71. The Morgan fingerprint density at radius 3 is 2.42 bits per heavy atom. The Hall–Kier alpha value is -2.75. The van der Waals surface area contributed by atoms with Crippen molar-refractivity contribution in [3.05, 3.63) is 70.2 Å². The number of halogens is 1. The smallest absolute Gasteiger partial charge is 0.261 e. The predicted octanol–water partition coefficient (Wildman–Crippen LogP) is 1.97. The molecule has 0 bridgehead atoms. The molecular weight excluding hydrogens is 440 g/mol. The van der Waals surface area contributed by atoms with Crippen LogP contribution in [-0.2, 0) is 21.4 Å². The summed E-state index contributed by atoms with van der Waals surface area (Å²) in [6.07, 6.45) is 1.59. The van der Waals surface area contributed by atoms with E-state index in [0.29, 0.717) is 10.9 Å². The zero-order valence-corrected chi connectivity index (χ0v) is 18.2. The van der Waals surface area contributed by atoms with E-state index >= 15 is 0 Å². The van der Waals surface area contributed by atoms with E-state index < -0.39 is 10.0 Å². The molecule has 10 heteroatoms. The van der Waals surface area contributed by atoms with Gasteiger partial charge in [0, 0.05) is 39.1 Å². The molecule has 8 nitrogen and oxygen atoms in total. The highest BCUT2D eigenvalue weighted by Gasteiger charge is 2.31. The van der Waals surface area contributed by atoms with Gasteiger partial charge in [0.2, 0.25) is 15.9 Å². The molecule has 0 saturated carbocycles. The van der Waals surface area contributed by atoms with E-state index in [0.717, 1.165) is 0 Å². The first-order valence-electron chi connectivity index (χ1n) is 9.84. The van der Waals surface area contributed by atoms with Gasteiger partial charge in [0.15, 0.2) is 0 Å². The van der Waals surface area contributed by atoms with Gasteiger partial charge in [-0.05, 0) is 24.3 Å². The lowest BCUT2D eigenvalue weighted by atomic mass is 10.2. The molecule has 0 N–H and O–H groups in total. The van der Waals surface area contributed by atoms with Gasteiger partial charge in [0.1, 0.15) is 4.90 Å². The van der Waals surface area contributed by atoms with Crippen LogP contribution < -0.4 is 5.56 Å². The quantitative estimate of drug-likeness (QED) is 0.580. The van der Waals surface area contributed by atoms with Crippen LogP contribution in [0.5, 0.6) is 0 Å². The van der Waals surface area contributed by atoms with E-state index in [-0.39, 0.29) is 60.5 Å². The number of carbonyl (C=O) groups is 1. The summed E-state index contributed by atoms with van der Waals surface area (Å²) in [7, 11) is -3.71. The maximum Gasteiger partial charge on any atom is 0.261 e. The number of piperazine rings is 1. The number of sulfonamides is 1. The second kappa shape index (κ2) is 8.78. The fourth-order valence-corrected chi connectivity index (χ4v) is 5.53. The van der Waals surface area contributed by atoms with Gasteiger partial charge in [0.25, 0.3) is 5.56 Å². The molecule has 2 aromatic carbocycles. The van der Waals surface area contributed by atoms with Crippen LogP contribution in [0.4, 0.5) is 0 Å². The van der Waals surface area contributed by atoms with Crippen molar-refractivity contribution < 1.29 is 13.2 Å². The van der Waals surface area contributed by atoms with Crippen molar-refractivity contribution in [3.8, 4) is 0 Å². The molecule has 1 aromatic heterocycles. The number of nitrogens with zero attached hydrogens (tertiary/aromatic N) is 4. The Bertz CT molecular complexity index is 1280. The fourth-order valence-electron chi connectivity index (χ4n) is 3.61. The molecule has 162 valence electrons. The van der Waals surface area contributed by atoms with Crippen LogP contribution in [0.3, 0.4) is 0 Å². The van der Waals surface area contributed by atoms with Gasteiger partial charge in [-0.3, -0.25) is 14.2 Å². The zero-order chi connectivity index (χ0) is 22.0. The Morgan fingerprint density at radius 2 is 1.68 bits per heavy atom. The Labute approximate surface area is 184 Å². The minimum Gasteiger partial charge on any atom is -0.340 e. The number of para-hydroxylation sites is 1. The van der Waals surface area contributed by atoms with Crippen molar-refractivity contribution in [2.75, 3.05) is 26.2 Å². The first-order valence-corrected chi connectivity index (χ1v) is 11.7. The highest BCUT2D eigenvalue weighted by molar-refractivity contribution is 7.89. The second-order valence-corrected chi connectivity index (χ2v) is 9.54. The lowest BCUT2D eigenvalue weighted by Crippen LogP contribution is -2.50. The number of aryl methyl sites for hydroxylation is 1. The highest BCUT2D eigenvalue weighted by atomic mass is 35.5. The van der Waals surface area contributed by atoms with Crippen LogP contribution in [0.15, 0.2) is 64.5 Å². The summed E-state index contributed by atoms with van der Waals surface area (Å²) < 4.78 is 28.4. The van der Waals surface area contributed by atoms with E-state index in [2.05, 4.69) is 4.98 Å². The third-order valence-corrected chi connectivity index (χ3v) is 7.74. The van der Waals surface area contributed by atoms with E-state index in [1.165, 1.54) is 27.3 Å². The van der Waals surface area contributed by atoms with E-state index in [9.17, 15) is 18.0 Å². The number of fused-ring (bicyclic) bond motifs is 1. The lowest BCUT2D eigenvalue weighted by Gasteiger charge is -2.34. The first kappa shape index (κ1) is 21.5. The van der Waals surface area contributed by atoms with Crippen LogP contribution in [-0.4, -0.2) is 59.3 Å². The molecule has 1 fully saturated rings. The van der Waals surface area contributed by atoms with Crippen LogP contribution in [0.25, 0.3) is 10.9 Å². The van der Waals surface area contributed by atoms with Crippen LogP contribution in [0.2, 0.25) is 5.02 Å². The molecule has 0 spiro atoms. The van der Waals surface area contributed by atoms with Crippen molar-refractivity contribution in [1.82, 2.24) is 18.8 Å². The van der Waals surface area contributed by atoms with Gasteiger partial charge in [-0.25, -0.2) is 13.4 Å². The van der Waals surface area contributed by atoms with Gasteiger partial charge >= 0.3 is 0 Å². The molecule has 0 unspecified atom stereocenters. The molecule has 31 heavy (non-hydrogen) atoms. The average Bonchev–Trinajstić information content (AvgIpc) is 2.79. The van der Waals surface area contributed by atoms with Gasteiger partial charge in [-0.15, -0.1) is 0 Å². The van der Waals surface area contributed by atoms with E-state index in [1.54, 1.807) is 35.2 Å². The number of rotatable bonds is 5. The summed E-state index contributed by atoms with van der Waals surface area (Å²) in [4.78, 5) is 31.1.